The van der Waals surface area contributed by atoms with Crippen molar-refractivity contribution in [2.24, 2.45) is 0 Å². The summed E-state index contributed by atoms with van der Waals surface area (Å²) in [5, 5.41) is 17.5. The van der Waals surface area contributed by atoms with Crippen LogP contribution in [0, 0.1) is 5.82 Å². The predicted octanol–water partition coefficient (Wildman–Crippen LogP) is 3.06. The Morgan fingerprint density at radius 2 is 2.22 bits per heavy atom. The van der Waals surface area contributed by atoms with E-state index in [1.165, 1.54) is 17.8 Å². The van der Waals surface area contributed by atoms with Gasteiger partial charge in [0, 0.05) is 37.3 Å². The third-order valence-electron chi connectivity index (χ3n) is 6.56. The molecule has 0 bridgehead atoms. The van der Waals surface area contributed by atoms with Crippen molar-refractivity contribution < 1.29 is 23.4 Å². The number of anilines is 1. The van der Waals surface area contributed by atoms with Gasteiger partial charge in [-0.2, -0.15) is 0 Å². The fourth-order valence-corrected chi connectivity index (χ4v) is 5.42. The molecule has 0 radical (unpaired) electrons. The summed E-state index contributed by atoms with van der Waals surface area (Å²) in [5.41, 5.74) is 1.61. The quantitative estimate of drug-likeness (QED) is 0.442. The second kappa shape index (κ2) is 10.6. The van der Waals surface area contributed by atoms with E-state index in [2.05, 4.69) is 20.6 Å². The number of aliphatic hydroxyl groups excluding tert-OH is 1. The van der Waals surface area contributed by atoms with E-state index in [1.807, 2.05) is 23.1 Å². The van der Waals surface area contributed by atoms with E-state index in [1.54, 1.807) is 19.4 Å². The molecule has 8 nitrogen and oxygen atoms in total. The van der Waals surface area contributed by atoms with Gasteiger partial charge in [0.15, 0.2) is 0 Å². The van der Waals surface area contributed by atoms with Crippen molar-refractivity contribution in [3.63, 3.8) is 0 Å². The Bertz CT molecular complexity index is 1280. The SMILES string of the molecule is COc1ccc2nccc([C@@H](O)CN3CC[C@H](NCc4nc5c(cc4F)SCC(=O)N5)[C@H](F)C3)c2c1. The summed E-state index contributed by atoms with van der Waals surface area (Å²) in [5.74, 6) is 0.584. The number of ether oxygens (including phenoxy) is 1. The molecule has 0 spiro atoms. The maximum Gasteiger partial charge on any atom is 0.235 e. The number of β-amino-alcohol motifs (C(OH)–C–C–N with tert-alkyl or cyclic N) is 1. The molecule has 1 fully saturated rings. The summed E-state index contributed by atoms with van der Waals surface area (Å²) >= 11 is 1.24. The van der Waals surface area contributed by atoms with Gasteiger partial charge >= 0.3 is 0 Å². The number of amides is 1. The number of thioether (sulfide) groups is 1. The van der Waals surface area contributed by atoms with Crippen LogP contribution < -0.4 is 15.4 Å². The second-order valence-electron chi connectivity index (χ2n) is 8.95. The molecule has 4 heterocycles. The van der Waals surface area contributed by atoms with Crippen LogP contribution in [0.1, 0.15) is 23.8 Å². The van der Waals surface area contributed by atoms with Gasteiger partial charge in [-0.1, -0.05) is 0 Å². The first-order valence-electron chi connectivity index (χ1n) is 11.7. The van der Waals surface area contributed by atoms with Crippen LogP contribution in [0.5, 0.6) is 5.75 Å². The second-order valence-corrected chi connectivity index (χ2v) is 9.97. The van der Waals surface area contributed by atoms with Crippen LogP contribution in [0.25, 0.3) is 10.9 Å². The Hall–Kier alpha value is -2.86. The highest BCUT2D eigenvalue weighted by Gasteiger charge is 2.31. The van der Waals surface area contributed by atoms with E-state index in [9.17, 15) is 14.3 Å². The molecule has 3 N–H and O–H groups in total. The summed E-state index contributed by atoms with van der Waals surface area (Å²) in [6.07, 6.45) is 0.134. The minimum Gasteiger partial charge on any atom is -0.497 e. The molecular formula is C25H27F2N5O3S. The average Bonchev–Trinajstić information content (AvgIpc) is 2.87. The Kier molecular flexibility index (Phi) is 7.33. The fourth-order valence-electron chi connectivity index (χ4n) is 4.64. The summed E-state index contributed by atoms with van der Waals surface area (Å²) in [4.78, 5) is 22.7. The molecule has 3 aromatic rings. The minimum atomic E-state index is -1.20. The van der Waals surface area contributed by atoms with Crippen molar-refractivity contribution in [3.8, 4) is 5.75 Å². The number of carbonyl (C=O) groups excluding carboxylic acids is 1. The number of rotatable bonds is 7. The lowest BCUT2D eigenvalue weighted by atomic mass is 10.00. The van der Waals surface area contributed by atoms with E-state index in [0.29, 0.717) is 35.0 Å². The largest absolute Gasteiger partial charge is 0.497 e. The molecule has 36 heavy (non-hydrogen) atoms. The lowest BCUT2D eigenvalue weighted by Gasteiger charge is -2.36. The summed E-state index contributed by atoms with van der Waals surface area (Å²) in [6.45, 7) is 1.06. The third-order valence-corrected chi connectivity index (χ3v) is 7.59. The van der Waals surface area contributed by atoms with Crippen LogP contribution in [0.15, 0.2) is 41.4 Å². The van der Waals surface area contributed by atoms with Crippen molar-refractivity contribution in [3.05, 3.63) is 53.6 Å². The fraction of sp³-hybridized carbons (Fsp3) is 0.400. The van der Waals surface area contributed by atoms with Gasteiger partial charge < -0.3 is 20.5 Å². The number of fused-ring (bicyclic) bond motifs is 2. The number of pyridine rings is 2. The van der Waals surface area contributed by atoms with Crippen molar-refractivity contribution in [1.82, 2.24) is 20.2 Å². The Morgan fingerprint density at radius 3 is 3.03 bits per heavy atom. The van der Waals surface area contributed by atoms with Crippen LogP contribution in [0.4, 0.5) is 14.6 Å². The van der Waals surface area contributed by atoms with E-state index in [4.69, 9.17) is 4.74 Å². The standard InChI is InChI=1S/C25H27F2N5O3S/c1-35-14-2-3-19-16(8-14)15(4-6-28-19)22(33)12-32-7-5-20(18(27)11-32)29-10-21-17(26)9-23-25(30-21)31-24(34)13-36-23/h2-4,6,8-9,18,20,22,29,33H,5,7,10-13H2,1H3,(H,30,31,34)/t18-,20+,22+/m1/s1. The first-order valence-corrected chi connectivity index (χ1v) is 12.7. The number of benzene rings is 1. The van der Waals surface area contributed by atoms with Gasteiger partial charge in [0.2, 0.25) is 5.91 Å². The van der Waals surface area contributed by atoms with Crippen LogP contribution in [0.2, 0.25) is 0 Å². The van der Waals surface area contributed by atoms with Gasteiger partial charge in [0.05, 0.1) is 35.1 Å². The predicted molar refractivity (Wildman–Crippen MR) is 133 cm³/mol. The maximum absolute atomic E-state index is 15.0. The molecule has 11 heteroatoms. The van der Waals surface area contributed by atoms with Gasteiger partial charge in [-0.15, -0.1) is 11.8 Å². The minimum absolute atomic E-state index is 0.0538. The topological polar surface area (TPSA) is 99.6 Å². The van der Waals surface area contributed by atoms with Gasteiger partial charge in [0.25, 0.3) is 0 Å². The first kappa shape index (κ1) is 24.8. The highest BCUT2D eigenvalue weighted by Crippen LogP contribution is 2.31. The first-order chi connectivity index (χ1) is 17.4. The van der Waals surface area contributed by atoms with Crippen LogP contribution in [-0.2, 0) is 11.3 Å². The number of likely N-dealkylation sites (tertiary alicyclic amines) is 1. The zero-order valence-electron chi connectivity index (χ0n) is 19.7. The molecule has 2 aliphatic rings. The lowest BCUT2D eigenvalue weighted by molar-refractivity contribution is -0.113. The maximum atomic E-state index is 15.0. The number of nitrogens with one attached hydrogen (secondary N) is 2. The van der Waals surface area contributed by atoms with Crippen molar-refractivity contribution in [2.75, 3.05) is 37.8 Å². The van der Waals surface area contributed by atoms with Gasteiger partial charge in [-0.05, 0) is 48.9 Å². The highest BCUT2D eigenvalue weighted by molar-refractivity contribution is 8.00. The number of aromatic nitrogens is 2. The number of hydrogen-bond acceptors (Lipinski definition) is 8. The molecule has 190 valence electrons. The third kappa shape index (κ3) is 5.29. The van der Waals surface area contributed by atoms with Crippen molar-refractivity contribution in [2.45, 2.75) is 36.2 Å². The number of halogens is 2. The monoisotopic (exact) mass is 515 g/mol. The summed E-state index contributed by atoms with van der Waals surface area (Å²) < 4.78 is 34.8. The average molecular weight is 516 g/mol. The number of methoxy groups -OCH3 is 1. The number of carbonyl (C=O) groups is 1. The van der Waals surface area contributed by atoms with Crippen molar-refractivity contribution in [1.29, 1.82) is 0 Å². The van der Waals surface area contributed by atoms with Crippen LogP contribution >= 0.6 is 11.8 Å². The number of piperidine rings is 1. The normalized spacial score (nSPS) is 21.2. The molecule has 5 rings (SSSR count). The van der Waals surface area contributed by atoms with Crippen molar-refractivity contribution >= 4 is 34.4 Å². The molecule has 0 unspecified atom stereocenters. The molecule has 1 amide bonds. The molecule has 1 saturated heterocycles. The van der Waals surface area contributed by atoms with E-state index >= 15 is 4.39 Å². The van der Waals surface area contributed by atoms with Gasteiger partial charge in [-0.3, -0.25) is 14.7 Å². The molecule has 1 aromatic carbocycles. The number of hydrogen-bond donors (Lipinski definition) is 3. The van der Waals surface area contributed by atoms with Crippen LogP contribution in [-0.4, -0.2) is 70.6 Å². The molecule has 2 aromatic heterocycles. The molecule has 0 aliphatic carbocycles. The zero-order valence-corrected chi connectivity index (χ0v) is 20.5. The van der Waals surface area contributed by atoms with Crippen LogP contribution in [0.3, 0.4) is 0 Å². The Labute approximate surface area is 211 Å². The highest BCUT2D eigenvalue weighted by atomic mass is 32.2. The van der Waals surface area contributed by atoms with E-state index in [-0.39, 0.29) is 37.0 Å². The zero-order chi connectivity index (χ0) is 25.2. The summed E-state index contributed by atoms with van der Waals surface area (Å²) in [6, 6.07) is 8.16. The number of aliphatic hydroxyl groups is 1. The van der Waals surface area contributed by atoms with Gasteiger partial charge in [-0.25, -0.2) is 13.8 Å². The van der Waals surface area contributed by atoms with E-state index < -0.39 is 24.1 Å². The number of nitrogens with zero attached hydrogens (tertiary/aromatic N) is 3. The molecule has 0 saturated carbocycles. The Morgan fingerprint density at radius 1 is 1.36 bits per heavy atom. The Balaban J connectivity index is 1.19. The molecule has 2 aliphatic heterocycles. The molecule has 3 atom stereocenters. The summed E-state index contributed by atoms with van der Waals surface area (Å²) in [7, 11) is 1.58. The lowest BCUT2D eigenvalue weighted by Crippen LogP contribution is -2.51. The number of alkyl halides is 1. The molecular weight excluding hydrogens is 488 g/mol. The smallest absolute Gasteiger partial charge is 0.235 e. The van der Waals surface area contributed by atoms with Gasteiger partial charge in [0.1, 0.15) is 23.6 Å². The van der Waals surface area contributed by atoms with E-state index in [0.717, 1.165) is 10.9 Å².